The molecule has 4 heterocycles. The maximum Gasteiger partial charge on any atom is 0.237 e. The summed E-state index contributed by atoms with van der Waals surface area (Å²) in [7, 11) is 5.18. The van der Waals surface area contributed by atoms with Crippen LogP contribution in [0.15, 0.2) is 18.3 Å². The zero-order chi connectivity index (χ0) is 27.4. The molecule has 11 heteroatoms. The minimum atomic E-state index is -0.644. The third kappa shape index (κ3) is 6.41. The van der Waals surface area contributed by atoms with E-state index in [1.165, 1.54) is 0 Å². The summed E-state index contributed by atoms with van der Waals surface area (Å²) in [5.41, 5.74) is 3.21. The van der Waals surface area contributed by atoms with Crippen LogP contribution >= 0.6 is 0 Å². The molecule has 208 valence electrons. The van der Waals surface area contributed by atoms with Gasteiger partial charge in [-0.2, -0.15) is 5.26 Å². The summed E-state index contributed by atoms with van der Waals surface area (Å²) in [6, 6.07) is 6.12. The van der Waals surface area contributed by atoms with Crippen LogP contribution in [0.4, 0.5) is 11.6 Å². The largest absolute Gasteiger partial charge is 0.489 e. The molecule has 39 heavy (non-hydrogen) atoms. The van der Waals surface area contributed by atoms with Gasteiger partial charge in [-0.15, -0.1) is 0 Å². The molecule has 1 saturated heterocycles. The Bertz CT molecular complexity index is 1230. The second-order valence-electron chi connectivity index (χ2n) is 10.4. The van der Waals surface area contributed by atoms with Crippen LogP contribution in [-0.4, -0.2) is 85.9 Å². The number of aromatic nitrogens is 2. The summed E-state index contributed by atoms with van der Waals surface area (Å²) in [4.78, 5) is 28.5. The standard InChI is InChI=1S/C28H37N7O4/c1-33-9-5-11-34(25(36)17-33)16-20-12-19-6-4-10-35(27(19)32-26(20)28(37-2)38-3)18-31-24-13-23(39-22-7-8-22)21(14-29)15-30-24/h12-13,15,22,28H,4-11,16-18H2,1-3H3,(H,30,31). The lowest BCUT2D eigenvalue weighted by Gasteiger charge is -2.33. The molecule has 1 amide bonds. The molecule has 2 aromatic rings. The van der Waals surface area contributed by atoms with Crippen LogP contribution in [0.25, 0.3) is 0 Å². The number of anilines is 2. The summed E-state index contributed by atoms with van der Waals surface area (Å²) in [5, 5.41) is 12.8. The Labute approximate surface area is 229 Å². The number of ether oxygens (including phenoxy) is 3. The molecule has 0 aromatic carbocycles. The lowest BCUT2D eigenvalue weighted by atomic mass is 10.0. The fourth-order valence-corrected chi connectivity index (χ4v) is 5.13. The molecule has 1 N–H and O–H groups in total. The molecule has 1 saturated carbocycles. The highest BCUT2D eigenvalue weighted by Gasteiger charge is 2.28. The van der Waals surface area contributed by atoms with Crippen molar-refractivity contribution in [2.75, 3.05) is 64.3 Å². The predicted octanol–water partition coefficient (Wildman–Crippen LogP) is 2.67. The number of fused-ring (bicyclic) bond motifs is 1. The van der Waals surface area contributed by atoms with Crippen LogP contribution in [0, 0.1) is 11.3 Å². The third-order valence-corrected chi connectivity index (χ3v) is 7.36. The predicted molar refractivity (Wildman–Crippen MR) is 145 cm³/mol. The van der Waals surface area contributed by atoms with Crippen LogP contribution in [-0.2, 0) is 27.2 Å². The van der Waals surface area contributed by atoms with Crippen molar-refractivity contribution in [1.29, 1.82) is 5.26 Å². The van der Waals surface area contributed by atoms with Gasteiger partial charge in [0.1, 0.15) is 34.7 Å². The van der Waals surface area contributed by atoms with Gasteiger partial charge in [0.15, 0.2) is 0 Å². The van der Waals surface area contributed by atoms with Crippen molar-refractivity contribution in [3.05, 3.63) is 40.7 Å². The van der Waals surface area contributed by atoms with Gasteiger partial charge < -0.3 is 29.3 Å². The molecule has 3 aliphatic rings. The Balaban J connectivity index is 1.38. The van der Waals surface area contributed by atoms with E-state index in [0.29, 0.717) is 49.1 Å². The molecular weight excluding hydrogens is 498 g/mol. The van der Waals surface area contributed by atoms with Crippen molar-refractivity contribution in [3.63, 3.8) is 0 Å². The van der Waals surface area contributed by atoms with Crippen molar-refractivity contribution in [1.82, 2.24) is 19.8 Å². The van der Waals surface area contributed by atoms with E-state index in [0.717, 1.165) is 62.1 Å². The smallest absolute Gasteiger partial charge is 0.237 e. The number of nitrogens with zero attached hydrogens (tertiary/aromatic N) is 6. The van der Waals surface area contributed by atoms with Crippen molar-refractivity contribution in [2.24, 2.45) is 0 Å². The van der Waals surface area contributed by atoms with E-state index >= 15 is 0 Å². The maximum absolute atomic E-state index is 12.9. The first kappa shape index (κ1) is 27.1. The first-order chi connectivity index (χ1) is 19.0. The van der Waals surface area contributed by atoms with Crippen LogP contribution in [0.1, 0.15) is 54.4 Å². The molecule has 2 fully saturated rings. The Morgan fingerprint density at radius 3 is 2.69 bits per heavy atom. The first-order valence-corrected chi connectivity index (χ1v) is 13.6. The van der Waals surface area contributed by atoms with Gasteiger partial charge in [-0.25, -0.2) is 9.97 Å². The number of nitriles is 1. The molecule has 2 aliphatic heterocycles. The lowest BCUT2D eigenvalue weighted by molar-refractivity contribution is -0.131. The molecule has 0 unspecified atom stereocenters. The zero-order valence-electron chi connectivity index (χ0n) is 23.0. The number of nitrogens with one attached hydrogen (secondary N) is 1. The van der Waals surface area contributed by atoms with E-state index in [1.54, 1.807) is 26.5 Å². The topological polar surface area (TPSA) is 116 Å². The number of pyridine rings is 2. The number of likely N-dealkylation sites (N-methyl/N-ethyl adjacent to an activating group) is 1. The van der Waals surface area contributed by atoms with E-state index < -0.39 is 6.29 Å². The van der Waals surface area contributed by atoms with Gasteiger partial charge in [0.25, 0.3) is 0 Å². The zero-order valence-corrected chi connectivity index (χ0v) is 23.0. The summed E-state index contributed by atoms with van der Waals surface area (Å²) < 4.78 is 17.2. The number of carbonyl (C=O) groups is 1. The molecule has 0 radical (unpaired) electrons. The van der Waals surface area contributed by atoms with Crippen molar-refractivity contribution >= 4 is 17.5 Å². The normalized spacial score (nSPS) is 18.1. The van der Waals surface area contributed by atoms with Crippen LogP contribution in [0.5, 0.6) is 5.75 Å². The summed E-state index contributed by atoms with van der Waals surface area (Å²) in [6.45, 7) is 3.83. The monoisotopic (exact) mass is 535 g/mol. The van der Waals surface area contributed by atoms with Gasteiger partial charge in [-0.05, 0) is 56.3 Å². The SMILES string of the molecule is COC(OC)c1nc2c(cc1CN1CCCN(C)CC1=O)CCCN2CNc1cc(OC2CC2)c(C#N)cn1. The van der Waals surface area contributed by atoms with Gasteiger partial charge in [-0.3, -0.25) is 9.69 Å². The molecule has 0 atom stereocenters. The van der Waals surface area contributed by atoms with E-state index in [4.69, 9.17) is 19.2 Å². The Kier molecular flexibility index (Phi) is 8.45. The highest BCUT2D eigenvalue weighted by Crippen LogP contribution is 2.33. The Morgan fingerprint density at radius 1 is 1.15 bits per heavy atom. The van der Waals surface area contributed by atoms with Gasteiger partial charge in [-0.1, -0.05) is 0 Å². The van der Waals surface area contributed by atoms with E-state index in [-0.39, 0.29) is 12.0 Å². The number of hydrogen-bond donors (Lipinski definition) is 1. The van der Waals surface area contributed by atoms with Crippen LogP contribution < -0.4 is 15.0 Å². The fraction of sp³-hybridized carbons (Fsp3) is 0.571. The number of carbonyl (C=O) groups excluding carboxylic acids is 1. The molecule has 11 nitrogen and oxygen atoms in total. The molecule has 5 rings (SSSR count). The van der Waals surface area contributed by atoms with Crippen LogP contribution in [0.2, 0.25) is 0 Å². The quantitative estimate of drug-likeness (QED) is 0.455. The third-order valence-electron chi connectivity index (χ3n) is 7.36. The number of amides is 1. The Hall–Kier alpha value is -3.46. The van der Waals surface area contributed by atoms with Gasteiger partial charge in [0, 0.05) is 46.5 Å². The highest BCUT2D eigenvalue weighted by atomic mass is 16.7. The Morgan fingerprint density at radius 2 is 1.95 bits per heavy atom. The van der Waals surface area contributed by atoms with Gasteiger partial charge >= 0.3 is 0 Å². The number of aryl methyl sites for hydroxylation is 1. The summed E-state index contributed by atoms with van der Waals surface area (Å²) >= 11 is 0. The maximum atomic E-state index is 12.9. The second kappa shape index (κ2) is 12.2. The van der Waals surface area contributed by atoms with Gasteiger partial charge in [0.05, 0.1) is 25.5 Å². The van der Waals surface area contributed by atoms with E-state index in [9.17, 15) is 10.1 Å². The molecule has 0 bridgehead atoms. The lowest BCUT2D eigenvalue weighted by Crippen LogP contribution is -2.37. The summed E-state index contributed by atoms with van der Waals surface area (Å²) in [5.74, 6) is 2.20. The van der Waals surface area contributed by atoms with E-state index in [2.05, 4.69) is 32.2 Å². The van der Waals surface area contributed by atoms with Crippen molar-refractivity contribution in [2.45, 2.75) is 51.0 Å². The van der Waals surface area contributed by atoms with Crippen LogP contribution in [0.3, 0.4) is 0 Å². The minimum absolute atomic E-state index is 0.121. The average molecular weight is 536 g/mol. The molecular formula is C28H37N7O4. The number of methoxy groups -OCH3 is 2. The van der Waals surface area contributed by atoms with Crippen molar-refractivity contribution < 1.29 is 19.0 Å². The molecule has 0 spiro atoms. The molecule has 1 aliphatic carbocycles. The summed E-state index contributed by atoms with van der Waals surface area (Å²) in [6.07, 6.45) is 5.96. The van der Waals surface area contributed by atoms with E-state index in [1.807, 2.05) is 11.9 Å². The average Bonchev–Trinajstić information content (AvgIpc) is 3.77. The van der Waals surface area contributed by atoms with Gasteiger partial charge in [0.2, 0.25) is 12.2 Å². The number of rotatable bonds is 10. The van der Waals surface area contributed by atoms with Crippen molar-refractivity contribution in [3.8, 4) is 11.8 Å². The second-order valence-corrected chi connectivity index (χ2v) is 10.4. The highest BCUT2D eigenvalue weighted by molar-refractivity contribution is 5.78. The molecule has 2 aromatic heterocycles. The fourth-order valence-electron chi connectivity index (χ4n) is 5.13. The first-order valence-electron chi connectivity index (χ1n) is 13.6. The minimum Gasteiger partial charge on any atom is -0.489 e. The number of hydrogen-bond acceptors (Lipinski definition) is 10.